The zero-order valence-corrected chi connectivity index (χ0v) is 20.0. The fourth-order valence-electron chi connectivity index (χ4n) is 4.39. The van der Waals surface area contributed by atoms with Crippen LogP contribution in [0.25, 0.3) is 22.3 Å². The molecule has 1 amide bonds. The molecule has 1 saturated heterocycles. The quantitative estimate of drug-likeness (QED) is 0.425. The van der Waals surface area contributed by atoms with E-state index in [-0.39, 0.29) is 5.91 Å². The maximum Gasteiger partial charge on any atom is 0.270 e. The third-order valence-corrected chi connectivity index (χ3v) is 6.33. The molecule has 3 aromatic heterocycles. The number of carbonyl (C=O) groups is 1. The molecular formula is C27H30N6O2. The van der Waals surface area contributed by atoms with Crippen LogP contribution in [0.1, 0.15) is 28.3 Å². The van der Waals surface area contributed by atoms with Crippen LogP contribution in [0.5, 0.6) is 0 Å². The van der Waals surface area contributed by atoms with Gasteiger partial charge in [0.25, 0.3) is 5.91 Å². The molecule has 4 aromatic rings. The molecule has 0 aliphatic carbocycles. The standard InChI is InChI=1S/C27H30N6O2/c1-32(11-4-12-33-13-15-35-16-14-33)27(34)25-19-21-17-20(6-7-22(21)30-25)18-26-29-10-8-24(31-26)23-5-2-3-9-28-23/h2-3,5-10,17,19,30H,4,11-16,18H2,1H3. The number of benzene rings is 1. The molecule has 0 spiro atoms. The highest BCUT2D eigenvalue weighted by molar-refractivity contribution is 5.98. The van der Waals surface area contributed by atoms with Crippen molar-refractivity contribution in [2.45, 2.75) is 12.8 Å². The molecule has 1 aliphatic heterocycles. The third-order valence-electron chi connectivity index (χ3n) is 6.33. The zero-order valence-electron chi connectivity index (χ0n) is 20.0. The summed E-state index contributed by atoms with van der Waals surface area (Å²) in [6.45, 7) is 5.25. The lowest BCUT2D eigenvalue weighted by molar-refractivity contribution is 0.0361. The van der Waals surface area contributed by atoms with Crippen molar-refractivity contribution in [1.82, 2.24) is 29.7 Å². The van der Waals surface area contributed by atoms with E-state index in [2.05, 4.69) is 37.0 Å². The van der Waals surface area contributed by atoms with Gasteiger partial charge in [0.05, 0.1) is 24.6 Å². The lowest BCUT2D eigenvalue weighted by Crippen LogP contribution is -2.38. The Morgan fingerprint density at radius 3 is 2.77 bits per heavy atom. The molecule has 1 N–H and O–H groups in total. The van der Waals surface area contributed by atoms with E-state index in [1.54, 1.807) is 17.3 Å². The first kappa shape index (κ1) is 23.1. The number of nitrogens with zero attached hydrogens (tertiary/aromatic N) is 5. The van der Waals surface area contributed by atoms with Crippen molar-refractivity contribution >= 4 is 16.8 Å². The van der Waals surface area contributed by atoms with E-state index in [0.717, 1.165) is 79.5 Å². The number of hydrogen-bond donors (Lipinski definition) is 1. The Balaban J connectivity index is 1.23. The van der Waals surface area contributed by atoms with Crippen LogP contribution >= 0.6 is 0 Å². The van der Waals surface area contributed by atoms with E-state index < -0.39 is 0 Å². The van der Waals surface area contributed by atoms with Crippen LogP contribution in [0.15, 0.2) is 60.9 Å². The molecule has 1 aromatic carbocycles. The fourth-order valence-corrected chi connectivity index (χ4v) is 4.39. The van der Waals surface area contributed by atoms with Crippen LogP contribution in [0.4, 0.5) is 0 Å². The molecular weight excluding hydrogens is 440 g/mol. The monoisotopic (exact) mass is 470 g/mol. The van der Waals surface area contributed by atoms with Gasteiger partial charge in [0.2, 0.25) is 0 Å². The van der Waals surface area contributed by atoms with Crippen LogP contribution in [0.2, 0.25) is 0 Å². The summed E-state index contributed by atoms with van der Waals surface area (Å²) in [6, 6.07) is 15.7. The zero-order chi connectivity index (χ0) is 24.0. The van der Waals surface area contributed by atoms with Gasteiger partial charge < -0.3 is 14.6 Å². The van der Waals surface area contributed by atoms with Gasteiger partial charge >= 0.3 is 0 Å². The summed E-state index contributed by atoms with van der Waals surface area (Å²) in [5.41, 5.74) is 4.28. The summed E-state index contributed by atoms with van der Waals surface area (Å²) in [5.74, 6) is 0.746. The number of rotatable bonds is 8. The van der Waals surface area contributed by atoms with Gasteiger partial charge in [0.1, 0.15) is 11.5 Å². The Kier molecular flexibility index (Phi) is 7.11. The van der Waals surface area contributed by atoms with Crippen LogP contribution in [-0.4, -0.2) is 82.1 Å². The smallest absolute Gasteiger partial charge is 0.270 e. The summed E-state index contributed by atoms with van der Waals surface area (Å²) >= 11 is 0. The molecule has 0 atom stereocenters. The number of amides is 1. The second kappa shape index (κ2) is 10.8. The first-order valence-corrected chi connectivity index (χ1v) is 12.1. The molecule has 8 heteroatoms. The second-order valence-corrected chi connectivity index (χ2v) is 8.89. The van der Waals surface area contributed by atoms with Crippen LogP contribution in [-0.2, 0) is 11.2 Å². The van der Waals surface area contributed by atoms with Crippen molar-refractivity contribution in [3.8, 4) is 11.4 Å². The predicted octanol–water partition coefficient (Wildman–Crippen LogP) is 3.41. The van der Waals surface area contributed by atoms with Gasteiger partial charge in [0, 0.05) is 62.9 Å². The molecule has 0 saturated carbocycles. The van der Waals surface area contributed by atoms with E-state index in [1.165, 1.54) is 0 Å². The highest BCUT2D eigenvalue weighted by Crippen LogP contribution is 2.20. The maximum absolute atomic E-state index is 13.0. The molecule has 180 valence electrons. The average Bonchev–Trinajstić information content (AvgIpc) is 3.33. The summed E-state index contributed by atoms with van der Waals surface area (Å²) < 4.78 is 5.40. The molecule has 5 rings (SSSR count). The third kappa shape index (κ3) is 5.72. The normalized spacial score (nSPS) is 14.3. The van der Waals surface area contributed by atoms with Gasteiger partial charge in [-0.1, -0.05) is 12.1 Å². The van der Waals surface area contributed by atoms with Crippen molar-refractivity contribution in [2.24, 2.45) is 0 Å². The van der Waals surface area contributed by atoms with Gasteiger partial charge in [0.15, 0.2) is 0 Å². The predicted molar refractivity (Wildman–Crippen MR) is 135 cm³/mol. The van der Waals surface area contributed by atoms with E-state index in [1.807, 2.05) is 43.4 Å². The number of carbonyl (C=O) groups excluding carboxylic acids is 1. The Morgan fingerprint density at radius 2 is 1.94 bits per heavy atom. The van der Waals surface area contributed by atoms with E-state index >= 15 is 0 Å². The van der Waals surface area contributed by atoms with Crippen molar-refractivity contribution in [2.75, 3.05) is 46.4 Å². The average molecular weight is 471 g/mol. The molecule has 4 heterocycles. The number of nitrogens with one attached hydrogen (secondary N) is 1. The van der Waals surface area contributed by atoms with Crippen molar-refractivity contribution < 1.29 is 9.53 Å². The van der Waals surface area contributed by atoms with Crippen molar-refractivity contribution in [3.05, 3.63) is 78.0 Å². The molecule has 1 fully saturated rings. The topological polar surface area (TPSA) is 87.2 Å². The number of pyridine rings is 1. The Hall–Kier alpha value is -3.62. The van der Waals surface area contributed by atoms with Crippen molar-refractivity contribution in [3.63, 3.8) is 0 Å². The molecule has 8 nitrogen and oxygen atoms in total. The number of H-pyrrole nitrogens is 1. The maximum atomic E-state index is 13.0. The minimum Gasteiger partial charge on any atom is -0.379 e. The first-order valence-electron chi connectivity index (χ1n) is 12.1. The van der Waals surface area contributed by atoms with E-state index in [4.69, 9.17) is 4.74 Å². The summed E-state index contributed by atoms with van der Waals surface area (Å²) in [4.78, 5) is 33.9. The second-order valence-electron chi connectivity index (χ2n) is 8.89. The summed E-state index contributed by atoms with van der Waals surface area (Å²) in [6.07, 6.45) is 5.08. The first-order chi connectivity index (χ1) is 17.2. The molecule has 35 heavy (non-hydrogen) atoms. The minimum absolute atomic E-state index is 0.0103. The molecule has 0 unspecified atom stereocenters. The van der Waals surface area contributed by atoms with Crippen LogP contribution < -0.4 is 0 Å². The lowest BCUT2D eigenvalue weighted by Gasteiger charge is -2.27. The highest BCUT2D eigenvalue weighted by Gasteiger charge is 2.16. The molecule has 0 bridgehead atoms. The van der Waals surface area contributed by atoms with Gasteiger partial charge in [-0.25, -0.2) is 9.97 Å². The lowest BCUT2D eigenvalue weighted by atomic mass is 10.1. The summed E-state index contributed by atoms with van der Waals surface area (Å²) in [5, 5.41) is 1.01. The van der Waals surface area contributed by atoms with Gasteiger partial charge in [-0.15, -0.1) is 0 Å². The minimum atomic E-state index is 0.0103. The number of morpholine rings is 1. The Morgan fingerprint density at radius 1 is 1.06 bits per heavy atom. The van der Waals surface area contributed by atoms with Crippen molar-refractivity contribution in [1.29, 1.82) is 0 Å². The van der Waals surface area contributed by atoms with Gasteiger partial charge in [-0.05, 0) is 48.4 Å². The van der Waals surface area contributed by atoms with E-state index in [0.29, 0.717) is 12.1 Å². The van der Waals surface area contributed by atoms with Gasteiger partial charge in [-0.2, -0.15) is 0 Å². The van der Waals surface area contributed by atoms with Crippen LogP contribution in [0.3, 0.4) is 0 Å². The molecule has 0 radical (unpaired) electrons. The highest BCUT2D eigenvalue weighted by atomic mass is 16.5. The molecule has 1 aliphatic rings. The number of aromatic nitrogens is 4. The fraction of sp³-hybridized carbons (Fsp3) is 0.333. The Bertz CT molecular complexity index is 1280. The van der Waals surface area contributed by atoms with Gasteiger partial charge in [-0.3, -0.25) is 14.7 Å². The number of aromatic amines is 1. The van der Waals surface area contributed by atoms with E-state index in [9.17, 15) is 4.79 Å². The van der Waals surface area contributed by atoms with Crippen LogP contribution in [0, 0.1) is 0 Å². The summed E-state index contributed by atoms with van der Waals surface area (Å²) in [7, 11) is 1.87. The SMILES string of the molecule is CN(CCCN1CCOCC1)C(=O)c1cc2cc(Cc3nccc(-c4ccccn4)n3)ccc2[nH]1. The largest absolute Gasteiger partial charge is 0.379 e. The number of ether oxygens (including phenoxy) is 1. The Labute approximate surface area is 205 Å². The number of hydrogen-bond acceptors (Lipinski definition) is 6. The number of fused-ring (bicyclic) bond motifs is 1.